The summed E-state index contributed by atoms with van der Waals surface area (Å²) in [6, 6.07) is 0. The van der Waals surface area contributed by atoms with Crippen molar-refractivity contribution in [1.29, 1.82) is 0 Å². The van der Waals surface area contributed by atoms with Gasteiger partial charge >= 0.3 is 0 Å². The van der Waals surface area contributed by atoms with Crippen LogP contribution in [0.15, 0.2) is 6.20 Å². The number of aryl methyl sites for hydroxylation is 1. The van der Waals surface area contributed by atoms with Crippen LogP contribution in [0.4, 0.5) is 0 Å². The van der Waals surface area contributed by atoms with Crippen LogP contribution in [-0.2, 0) is 13.0 Å². The zero-order valence-electron chi connectivity index (χ0n) is 10.5. The maximum Gasteiger partial charge on any atom is 0.107 e. The average Bonchev–Trinajstić information content (AvgIpc) is 2.71. The predicted octanol–water partition coefficient (Wildman–Crippen LogP) is 2.03. The number of hydrogen-bond donors (Lipinski definition) is 2. The second-order valence-electron chi connectivity index (χ2n) is 4.44. The molecule has 1 aromatic heterocycles. The number of nitrogens with two attached hydrogens (primary N) is 1. The summed E-state index contributed by atoms with van der Waals surface area (Å²) in [7, 11) is 0. The van der Waals surface area contributed by atoms with E-state index in [-0.39, 0.29) is 0 Å². The van der Waals surface area contributed by atoms with Gasteiger partial charge in [0.2, 0.25) is 0 Å². The minimum Gasteiger partial charge on any atom is -0.330 e. The second kappa shape index (κ2) is 6.99. The fourth-order valence-corrected chi connectivity index (χ4v) is 2.38. The minimum atomic E-state index is 0.561. The van der Waals surface area contributed by atoms with Crippen molar-refractivity contribution >= 4 is 11.3 Å². The minimum absolute atomic E-state index is 0.561. The van der Waals surface area contributed by atoms with Crippen molar-refractivity contribution in [3.63, 3.8) is 0 Å². The molecule has 4 heteroatoms. The third kappa shape index (κ3) is 4.20. The van der Waals surface area contributed by atoms with Gasteiger partial charge in [0.15, 0.2) is 0 Å². The molecule has 0 saturated heterocycles. The molecule has 1 unspecified atom stereocenters. The topological polar surface area (TPSA) is 50.9 Å². The van der Waals surface area contributed by atoms with E-state index in [1.807, 2.05) is 6.20 Å². The Kier molecular flexibility index (Phi) is 5.95. The quantitative estimate of drug-likeness (QED) is 0.768. The molecule has 0 amide bonds. The lowest BCUT2D eigenvalue weighted by Gasteiger charge is -2.18. The summed E-state index contributed by atoms with van der Waals surface area (Å²) >= 11 is 1.80. The van der Waals surface area contributed by atoms with Gasteiger partial charge in [-0.15, -0.1) is 11.3 Å². The lowest BCUT2D eigenvalue weighted by molar-refractivity contribution is 0.370. The Morgan fingerprint density at radius 2 is 2.25 bits per heavy atom. The fraction of sp³-hybridized carbons (Fsp3) is 0.750. The molecular formula is C12H23N3S. The molecule has 1 heterocycles. The van der Waals surface area contributed by atoms with E-state index in [4.69, 9.17) is 5.73 Å². The molecule has 0 saturated carbocycles. The van der Waals surface area contributed by atoms with Crippen molar-refractivity contribution in [3.05, 3.63) is 16.1 Å². The smallest absolute Gasteiger partial charge is 0.107 e. The van der Waals surface area contributed by atoms with E-state index in [0.717, 1.165) is 26.1 Å². The molecule has 1 atom stereocenters. The van der Waals surface area contributed by atoms with Crippen molar-refractivity contribution < 1.29 is 0 Å². The average molecular weight is 241 g/mol. The highest BCUT2D eigenvalue weighted by Crippen LogP contribution is 2.13. The fourth-order valence-electron chi connectivity index (χ4n) is 1.55. The van der Waals surface area contributed by atoms with Crippen molar-refractivity contribution in [3.8, 4) is 0 Å². The van der Waals surface area contributed by atoms with Crippen LogP contribution in [0.2, 0.25) is 0 Å². The molecule has 0 aliphatic heterocycles. The summed E-state index contributed by atoms with van der Waals surface area (Å²) in [6.07, 6.45) is 3.06. The summed E-state index contributed by atoms with van der Waals surface area (Å²) in [5.41, 5.74) is 5.73. The molecular weight excluding hydrogens is 218 g/mol. The molecule has 0 radical (unpaired) electrons. The van der Waals surface area contributed by atoms with E-state index in [2.05, 4.69) is 31.1 Å². The van der Waals surface area contributed by atoms with Crippen LogP contribution < -0.4 is 11.1 Å². The van der Waals surface area contributed by atoms with Crippen LogP contribution in [0.25, 0.3) is 0 Å². The molecule has 0 aliphatic rings. The summed E-state index contributed by atoms with van der Waals surface area (Å²) in [5.74, 6) is 1.20. The van der Waals surface area contributed by atoms with Gasteiger partial charge in [-0.1, -0.05) is 20.8 Å². The number of nitrogens with zero attached hydrogens (tertiary/aromatic N) is 1. The maximum atomic E-state index is 5.73. The predicted molar refractivity (Wildman–Crippen MR) is 70.6 cm³/mol. The van der Waals surface area contributed by atoms with Gasteiger partial charge in [0.25, 0.3) is 0 Å². The summed E-state index contributed by atoms with van der Waals surface area (Å²) < 4.78 is 0. The number of thiazole rings is 1. The Bertz CT molecular complexity index is 296. The van der Waals surface area contributed by atoms with Crippen molar-refractivity contribution in [2.75, 3.05) is 13.1 Å². The van der Waals surface area contributed by atoms with Gasteiger partial charge in [-0.25, -0.2) is 4.98 Å². The van der Waals surface area contributed by atoms with Crippen molar-refractivity contribution in [2.45, 2.75) is 33.7 Å². The Morgan fingerprint density at radius 3 is 2.75 bits per heavy atom. The van der Waals surface area contributed by atoms with E-state index in [1.54, 1.807) is 11.3 Å². The molecule has 0 aliphatic carbocycles. The number of aromatic nitrogens is 1. The van der Waals surface area contributed by atoms with E-state index in [0.29, 0.717) is 11.8 Å². The first-order valence-electron chi connectivity index (χ1n) is 6.01. The third-order valence-electron chi connectivity index (χ3n) is 2.88. The molecule has 16 heavy (non-hydrogen) atoms. The molecule has 0 spiro atoms. The van der Waals surface area contributed by atoms with Crippen molar-refractivity contribution in [1.82, 2.24) is 10.3 Å². The molecule has 3 nitrogen and oxygen atoms in total. The van der Waals surface area contributed by atoms with Crippen LogP contribution in [0.5, 0.6) is 0 Å². The van der Waals surface area contributed by atoms with Gasteiger partial charge in [-0.05, 0) is 31.3 Å². The maximum absolute atomic E-state index is 5.73. The van der Waals surface area contributed by atoms with Crippen LogP contribution in [-0.4, -0.2) is 18.1 Å². The Hall–Kier alpha value is -0.450. The summed E-state index contributed by atoms with van der Waals surface area (Å²) in [4.78, 5) is 5.74. The highest BCUT2D eigenvalue weighted by atomic mass is 32.1. The molecule has 0 aromatic carbocycles. The SMILES string of the molecule is CCc1cnc(CNCC(CN)C(C)C)s1. The van der Waals surface area contributed by atoms with Gasteiger partial charge in [-0.3, -0.25) is 0 Å². The van der Waals surface area contributed by atoms with Gasteiger partial charge < -0.3 is 11.1 Å². The third-order valence-corrected chi connectivity index (χ3v) is 4.02. The molecule has 1 rings (SSSR count). The van der Waals surface area contributed by atoms with Gasteiger partial charge in [0.1, 0.15) is 5.01 Å². The normalized spacial score (nSPS) is 13.3. The molecule has 0 bridgehead atoms. The largest absolute Gasteiger partial charge is 0.330 e. The molecule has 92 valence electrons. The molecule has 1 aromatic rings. The van der Waals surface area contributed by atoms with E-state index >= 15 is 0 Å². The van der Waals surface area contributed by atoms with Crippen LogP contribution >= 0.6 is 11.3 Å². The highest BCUT2D eigenvalue weighted by molar-refractivity contribution is 7.11. The number of rotatable bonds is 7. The molecule has 0 fully saturated rings. The van der Waals surface area contributed by atoms with Crippen LogP contribution in [0.3, 0.4) is 0 Å². The number of nitrogens with one attached hydrogen (secondary N) is 1. The van der Waals surface area contributed by atoms with E-state index in [1.165, 1.54) is 9.88 Å². The van der Waals surface area contributed by atoms with Gasteiger partial charge in [-0.2, -0.15) is 0 Å². The lowest BCUT2D eigenvalue weighted by atomic mass is 9.96. The van der Waals surface area contributed by atoms with E-state index < -0.39 is 0 Å². The van der Waals surface area contributed by atoms with Crippen LogP contribution in [0, 0.1) is 11.8 Å². The Labute approximate surface area is 102 Å². The molecule has 3 N–H and O–H groups in total. The first kappa shape index (κ1) is 13.6. The summed E-state index contributed by atoms with van der Waals surface area (Å²) in [6.45, 7) is 9.20. The standard InChI is InChI=1S/C12H23N3S/c1-4-11-7-15-12(16-11)8-14-6-10(5-13)9(2)3/h7,9-10,14H,4-6,8,13H2,1-3H3. The monoisotopic (exact) mass is 241 g/mol. The summed E-state index contributed by atoms with van der Waals surface area (Å²) in [5, 5.41) is 4.62. The van der Waals surface area contributed by atoms with Gasteiger partial charge in [0.05, 0.1) is 0 Å². The van der Waals surface area contributed by atoms with E-state index in [9.17, 15) is 0 Å². The van der Waals surface area contributed by atoms with Crippen molar-refractivity contribution in [2.24, 2.45) is 17.6 Å². The lowest BCUT2D eigenvalue weighted by Crippen LogP contribution is -2.31. The van der Waals surface area contributed by atoms with Crippen LogP contribution in [0.1, 0.15) is 30.7 Å². The first-order chi connectivity index (χ1) is 7.67. The first-order valence-corrected chi connectivity index (χ1v) is 6.83. The Balaban J connectivity index is 2.29. The Morgan fingerprint density at radius 1 is 1.50 bits per heavy atom. The number of hydrogen-bond acceptors (Lipinski definition) is 4. The zero-order valence-corrected chi connectivity index (χ0v) is 11.3. The second-order valence-corrected chi connectivity index (χ2v) is 5.64. The van der Waals surface area contributed by atoms with Gasteiger partial charge in [0, 0.05) is 17.6 Å². The highest BCUT2D eigenvalue weighted by Gasteiger charge is 2.10. The zero-order chi connectivity index (χ0) is 12.0.